The molecule has 0 radical (unpaired) electrons. The van der Waals surface area contributed by atoms with Crippen molar-refractivity contribution in [1.29, 1.82) is 0 Å². The summed E-state index contributed by atoms with van der Waals surface area (Å²) in [6.07, 6.45) is 14.2. The van der Waals surface area contributed by atoms with E-state index in [0.717, 1.165) is 48.7 Å². The van der Waals surface area contributed by atoms with Gasteiger partial charge in [-0.3, -0.25) is 4.68 Å². The van der Waals surface area contributed by atoms with Crippen LogP contribution in [0.2, 0.25) is 0 Å². The molecule has 1 atom stereocenters. The summed E-state index contributed by atoms with van der Waals surface area (Å²) >= 11 is 0. The molecule has 3 aromatic rings. The molecule has 2 saturated carbocycles. The number of hydrogen-bond acceptors (Lipinski definition) is 6. The van der Waals surface area contributed by atoms with Crippen molar-refractivity contribution >= 4 is 11.5 Å². The van der Waals surface area contributed by atoms with Crippen molar-refractivity contribution in [2.24, 2.45) is 0 Å². The van der Waals surface area contributed by atoms with E-state index in [4.69, 9.17) is 9.84 Å². The zero-order valence-corrected chi connectivity index (χ0v) is 20.0. The fraction of sp³-hybridized carbons (Fsp3) is 0.640. The Kier molecular flexibility index (Phi) is 6.14. The van der Waals surface area contributed by atoms with Crippen molar-refractivity contribution in [3.05, 3.63) is 30.4 Å². The first-order valence-electron chi connectivity index (χ1n) is 12.4. The molecule has 0 unspecified atom stereocenters. The minimum atomic E-state index is -0.520. The molecule has 3 heterocycles. The number of rotatable bonds is 8. The molecule has 33 heavy (non-hydrogen) atoms. The Morgan fingerprint density at radius 3 is 2.70 bits per heavy atom. The molecule has 0 saturated heterocycles. The van der Waals surface area contributed by atoms with Crippen LogP contribution in [0.3, 0.4) is 0 Å². The number of nitrogens with one attached hydrogen (secondary N) is 1. The van der Waals surface area contributed by atoms with Gasteiger partial charge >= 0.3 is 0 Å². The predicted octanol–water partition coefficient (Wildman–Crippen LogP) is 4.56. The molecule has 8 heteroatoms. The first kappa shape index (κ1) is 22.3. The van der Waals surface area contributed by atoms with E-state index in [-0.39, 0.29) is 6.04 Å². The average molecular weight is 453 g/mol. The lowest BCUT2D eigenvalue weighted by Crippen LogP contribution is -2.32. The summed E-state index contributed by atoms with van der Waals surface area (Å²) in [5.74, 6) is 0.959. The smallest absolute Gasteiger partial charge is 0.241 e. The van der Waals surface area contributed by atoms with Crippen LogP contribution < -0.4 is 5.32 Å². The van der Waals surface area contributed by atoms with E-state index in [1.807, 2.05) is 12.4 Å². The summed E-state index contributed by atoms with van der Waals surface area (Å²) in [5, 5.41) is 23.7. The van der Waals surface area contributed by atoms with Gasteiger partial charge in [0.25, 0.3) is 0 Å². The quantitative estimate of drug-likeness (QED) is 0.521. The predicted molar refractivity (Wildman–Crippen MR) is 129 cm³/mol. The minimum Gasteiger partial charge on any atom is -0.390 e. The zero-order valence-electron chi connectivity index (χ0n) is 20.0. The SMILES string of the molecule is CCC1(O)CCC(c2cc(-c3cnn(C4CCC4)c3)c3cnc(N[C@@H](C)COC)nn23)CC1. The molecule has 0 aliphatic heterocycles. The summed E-state index contributed by atoms with van der Waals surface area (Å²) in [6.45, 7) is 4.72. The maximum atomic E-state index is 10.8. The van der Waals surface area contributed by atoms with Gasteiger partial charge < -0.3 is 15.2 Å². The third-order valence-corrected chi connectivity index (χ3v) is 7.69. The second-order valence-corrected chi connectivity index (χ2v) is 10.0. The first-order chi connectivity index (χ1) is 16.0. The lowest BCUT2D eigenvalue weighted by molar-refractivity contribution is -0.00461. The Labute approximate surface area is 195 Å². The van der Waals surface area contributed by atoms with Gasteiger partial charge in [-0.2, -0.15) is 5.10 Å². The third kappa shape index (κ3) is 4.38. The normalized spacial score (nSPS) is 24.7. The van der Waals surface area contributed by atoms with Crippen LogP contribution in [-0.4, -0.2) is 54.8 Å². The van der Waals surface area contributed by atoms with Crippen molar-refractivity contribution < 1.29 is 9.84 Å². The molecule has 2 fully saturated rings. The summed E-state index contributed by atoms with van der Waals surface area (Å²) in [4.78, 5) is 4.61. The number of fused-ring (bicyclic) bond motifs is 1. The number of anilines is 1. The topological polar surface area (TPSA) is 89.5 Å². The van der Waals surface area contributed by atoms with Gasteiger partial charge in [0.05, 0.1) is 36.2 Å². The first-order valence-corrected chi connectivity index (χ1v) is 12.4. The van der Waals surface area contributed by atoms with Crippen LogP contribution >= 0.6 is 0 Å². The zero-order chi connectivity index (χ0) is 23.0. The van der Waals surface area contributed by atoms with Gasteiger partial charge in [0.1, 0.15) is 0 Å². The van der Waals surface area contributed by atoms with Crippen molar-refractivity contribution in [3.8, 4) is 11.1 Å². The number of hydrogen-bond donors (Lipinski definition) is 2. The van der Waals surface area contributed by atoms with Crippen LogP contribution in [-0.2, 0) is 4.74 Å². The molecule has 0 bridgehead atoms. The summed E-state index contributed by atoms with van der Waals surface area (Å²) in [7, 11) is 1.70. The molecule has 0 spiro atoms. The van der Waals surface area contributed by atoms with Crippen molar-refractivity contribution in [3.63, 3.8) is 0 Å². The minimum absolute atomic E-state index is 0.112. The maximum absolute atomic E-state index is 10.8. The second kappa shape index (κ2) is 9.06. The Morgan fingerprint density at radius 1 is 1.24 bits per heavy atom. The van der Waals surface area contributed by atoms with Crippen LogP contribution in [0.25, 0.3) is 16.6 Å². The highest BCUT2D eigenvalue weighted by molar-refractivity contribution is 5.81. The molecule has 8 nitrogen and oxygen atoms in total. The van der Waals surface area contributed by atoms with Crippen molar-refractivity contribution in [2.45, 2.75) is 88.8 Å². The van der Waals surface area contributed by atoms with Crippen molar-refractivity contribution in [1.82, 2.24) is 24.4 Å². The van der Waals surface area contributed by atoms with Crippen LogP contribution in [0.1, 0.15) is 82.9 Å². The van der Waals surface area contributed by atoms with Crippen LogP contribution in [0.4, 0.5) is 5.95 Å². The van der Waals surface area contributed by atoms with E-state index < -0.39 is 5.60 Å². The monoisotopic (exact) mass is 452 g/mol. The van der Waals surface area contributed by atoms with Gasteiger partial charge in [-0.05, 0) is 64.4 Å². The Morgan fingerprint density at radius 2 is 2.03 bits per heavy atom. The number of nitrogens with zero attached hydrogens (tertiary/aromatic N) is 5. The van der Waals surface area contributed by atoms with Gasteiger partial charge in [-0.15, -0.1) is 5.10 Å². The molecule has 0 aromatic carbocycles. The summed E-state index contributed by atoms with van der Waals surface area (Å²) < 4.78 is 9.43. The van der Waals surface area contributed by atoms with E-state index in [9.17, 15) is 5.11 Å². The average Bonchev–Trinajstić information content (AvgIpc) is 3.38. The van der Waals surface area contributed by atoms with E-state index in [1.54, 1.807) is 7.11 Å². The van der Waals surface area contributed by atoms with Gasteiger partial charge in [-0.25, -0.2) is 9.50 Å². The Balaban J connectivity index is 1.51. The highest BCUT2D eigenvalue weighted by Crippen LogP contribution is 2.42. The van der Waals surface area contributed by atoms with E-state index in [0.29, 0.717) is 24.5 Å². The van der Waals surface area contributed by atoms with Gasteiger partial charge in [-0.1, -0.05) is 6.92 Å². The summed E-state index contributed by atoms with van der Waals surface area (Å²) in [6, 6.07) is 2.92. The fourth-order valence-electron chi connectivity index (χ4n) is 5.25. The Bertz CT molecular complexity index is 1090. The fourth-order valence-corrected chi connectivity index (χ4v) is 5.25. The molecule has 0 amide bonds. The lowest BCUT2D eigenvalue weighted by atomic mass is 9.76. The second-order valence-electron chi connectivity index (χ2n) is 10.0. The van der Waals surface area contributed by atoms with Crippen molar-refractivity contribution in [2.75, 3.05) is 19.0 Å². The summed E-state index contributed by atoms with van der Waals surface area (Å²) in [5.41, 5.74) is 3.92. The molecule has 178 valence electrons. The largest absolute Gasteiger partial charge is 0.390 e. The molecular weight excluding hydrogens is 416 g/mol. The number of aliphatic hydroxyl groups is 1. The third-order valence-electron chi connectivity index (χ3n) is 7.69. The molecule has 2 N–H and O–H groups in total. The van der Waals surface area contributed by atoms with E-state index in [1.165, 1.54) is 25.0 Å². The molecular formula is C25H36N6O2. The molecule has 5 rings (SSSR count). The highest BCUT2D eigenvalue weighted by atomic mass is 16.5. The van der Waals surface area contributed by atoms with Gasteiger partial charge in [0, 0.05) is 42.1 Å². The highest BCUT2D eigenvalue weighted by Gasteiger charge is 2.34. The number of aromatic nitrogens is 5. The lowest BCUT2D eigenvalue weighted by Gasteiger charge is -2.35. The van der Waals surface area contributed by atoms with Gasteiger partial charge in [0.2, 0.25) is 5.95 Å². The maximum Gasteiger partial charge on any atom is 0.241 e. The molecule has 2 aliphatic rings. The van der Waals surface area contributed by atoms with Gasteiger partial charge in [0.15, 0.2) is 0 Å². The molecule has 3 aromatic heterocycles. The van der Waals surface area contributed by atoms with Crippen LogP contribution in [0.15, 0.2) is 24.7 Å². The standard InChI is InChI=1S/C25H36N6O2/c1-4-25(32)10-8-18(9-11-25)22-12-21(19-13-27-30(15-19)20-6-5-7-20)23-14-26-24(29-31(22)23)28-17(2)16-33-3/h12-15,17-18,20,32H,4-11,16H2,1-3H3,(H,28,29)/t17-,18?,25?/m0/s1. The van der Waals surface area contributed by atoms with Crippen LogP contribution in [0, 0.1) is 0 Å². The number of ether oxygens (including phenoxy) is 1. The molecule has 2 aliphatic carbocycles. The number of methoxy groups -OCH3 is 1. The van der Waals surface area contributed by atoms with Crippen LogP contribution in [0.5, 0.6) is 0 Å². The van der Waals surface area contributed by atoms with E-state index >= 15 is 0 Å². The van der Waals surface area contributed by atoms with E-state index in [2.05, 4.69) is 50.7 Å². The Hall–Kier alpha value is -2.45.